The van der Waals surface area contributed by atoms with Crippen LogP contribution in [0.15, 0.2) is 74.5 Å². The topological polar surface area (TPSA) is 60.7 Å². The van der Waals surface area contributed by atoms with Crippen LogP contribution in [0.4, 0.5) is 0 Å². The van der Waals surface area contributed by atoms with Crippen molar-refractivity contribution in [1.82, 2.24) is 4.57 Å². The SMILES string of the molecule is CSc1ccc(/C=c2\sc3n(c2=O)C(c2ccc(Cl)cc2)C(C(=O)OC(C)C)=C(C)N=3)cc1. The fraction of sp³-hybridized carbons (Fsp3) is 0.240. The van der Waals surface area contributed by atoms with E-state index in [4.69, 9.17) is 16.3 Å². The molecule has 3 aromatic rings. The third-order valence-electron chi connectivity index (χ3n) is 5.18. The Balaban J connectivity index is 1.91. The van der Waals surface area contributed by atoms with Crippen molar-refractivity contribution in [1.29, 1.82) is 0 Å². The zero-order chi connectivity index (χ0) is 23.7. The first-order valence-electron chi connectivity index (χ1n) is 10.4. The zero-order valence-corrected chi connectivity index (χ0v) is 21.1. The van der Waals surface area contributed by atoms with Gasteiger partial charge in [-0.25, -0.2) is 9.79 Å². The standard InChI is InChI=1S/C25H23ClN2O3S2/c1-14(2)31-24(30)21-15(3)27-25-28(22(21)17-7-9-18(26)10-8-17)23(29)20(33-25)13-16-5-11-19(32-4)12-6-16/h5-14,22H,1-4H3/b20-13-. The minimum absolute atomic E-state index is 0.199. The molecule has 2 heterocycles. The maximum absolute atomic E-state index is 13.6. The highest BCUT2D eigenvalue weighted by atomic mass is 35.5. The summed E-state index contributed by atoms with van der Waals surface area (Å²) in [6.45, 7) is 5.36. The van der Waals surface area contributed by atoms with Gasteiger partial charge >= 0.3 is 5.97 Å². The minimum atomic E-state index is -0.647. The van der Waals surface area contributed by atoms with Gasteiger partial charge in [0.1, 0.15) is 0 Å². The molecule has 170 valence electrons. The molecule has 0 spiro atoms. The van der Waals surface area contributed by atoms with Crippen LogP contribution < -0.4 is 14.9 Å². The molecule has 0 amide bonds. The second-order valence-corrected chi connectivity index (χ2v) is 10.2. The zero-order valence-electron chi connectivity index (χ0n) is 18.7. The summed E-state index contributed by atoms with van der Waals surface area (Å²) in [5.74, 6) is -0.479. The molecule has 0 N–H and O–H groups in total. The van der Waals surface area contributed by atoms with Crippen LogP contribution in [0, 0.1) is 0 Å². The third-order valence-corrected chi connectivity index (χ3v) is 7.16. The lowest BCUT2D eigenvalue weighted by molar-refractivity contribution is -0.143. The van der Waals surface area contributed by atoms with Crippen LogP contribution in [0.1, 0.15) is 37.9 Å². The number of carbonyl (C=O) groups is 1. The van der Waals surface area contributed by atoms with E-state index in [1.807, 2.05) is 48.7 Å². The van der Waals surface area contributed by atoms with Crippen molar-refractivity contribution < 1.29 is 9.53 Å². The lowest BCUT2D eigenvalue weighted by Gasteiger charge is -2.25. The molecule has 1 aliphatic heterocycles. The molecule has 0 bridgehead atoms. The van der Waals surface area contributed by atoms with Gasteiger partial charge in [0.15, 0.2) is 4.80 Å². The van der Waals surface area contributed by atoms with E-state index in [2.05, 4.69) is 4.99 Å². The molecular formula is C25H23ClN2O3S2. The largest absolute Gasteiger partial charge is 0.459 e. The number of thiazole rings is 1. The summed E-state index contributed by atoms with van der Waals surface area (Å²) in [5.41, 5.74) is 2.39. The van der Waals surface area contributed by atoms with Crippen molar-refractivity contribution in [2.45, 2.75) is 37.8 Å². The molecule has 1 atom stereocenters. The van der Waals surface area contributed by atoms with E-state index >= 15 is 0 Å². The first-order valence-corrected chi connectivity index (χ1v) is 12.8. The molecule has 2 aromatic carbocycles. The Morgan fingerprint density at radius 1 is 1.18 bits per heavy atom. The second-order valence-electron chi connectivity index (χ2n) is 7.86. The van der Waals surface area contributed by atoms with Crippen LogP contribution in [-0.4, -0.2) is 22.9 Å². The van der Waals surface area contributed by atoms with E-state index in [0.717, 1.165) is 16.0 Å². The van der Waals surface area contributed by atoms with Gasteiger partial charge in [0.2, 0.25) is 0 Å². The number of ether oxygens (including phenoxy) is 1. The molecule has 0 aliphatic carbocycles. The van der Waals surface area contributed by atoms with Crippen LogP contribution in [0.25, 0.3) is 6.08 Å². The number of esters is 1. The number of fused-ring (bicyclic) bond motifs is 1. The number of halogens is 1. The monoisotopic (exact) mass is 498 g/mol. The highest BCUT2D eigenvalue weighted by molar-refractivity contribution is 7.98. The van der Waals surface area contributed by atoms with Gasteiger partial charge in [-0.15, -0.1) is 11.8 Å². The quantitative estimate of drug-likeness (QED) is 0.382. The van der Waals surface area contributed by atoms with Gasteiger partial charge in [-0.3, -0.25) is 9.36 Å². The summed E-state index contributed by atoms with van der Waals surface area (Å²) in [6.07, 6.45) is 3.59. The molecule has 4 rings (SSSR count). The van der Waals surface area contributed by atoms with E-state index in [0.29, 0.717) is 25.6 Å². The average molecular weight is 499 g/mol. The molecule has 0 fully saturated rings. The molecule has 5 nitrogen and oxygen atoms in total. The first kappa shape index (κ1) is 23.5. The van der Waals surface area contributed by atoms with Crippen molar-refractivity contribution in [2.75, 3.05) is 6.26 Å². The van der Waals surface area contributed by atoms with E-state index < -0.39 is 12.0 Å². The lowest BCUT2D eigenvalue weighted by Crippen LogP contribution is -2.40. The van der Waals surface area contributed by atoms with Crippen molar-refractivity contribution in [3.63, 3.8) is 0 Å². The molecule has 8 heteroatoms. The van der Waals surface area contributed by atoms with Crippen LogP contribution in [0.2, 0.25) is 5.02 Å². The highest BCUT2D eigenvalue weighted by Crippen LogP contribution is 2.31. The minimum Gasteiger partial charge on any atom is -0.459 e. The van der Waals surface area contributed by atoms with Crippen LogP contribution >= 0.6 is 34.7 Å². The number of carbonyl (C=O) groups excluding carboxylic acids is 1. The molecule has 0 saturated carbocycles. The van der Waals surface area contributed by atoms with Crippen molar-refractivity contribution in [3.8, 4) is 0 Å². The predicted octanol–water partition coefficient (Wildman–Crippen LogP) is 4.56. The van der Waals surface area contributed by atoms with E-state index in [-0.39, 0.29) is 11.7 Å². The third kappa shape index (κ3) is 4.86. The fourth-order valence-corrected chi connectivity index (χ4v) is 5.25. The van der Waals surface area contributed by atoms with E-state index in [1.165, 1.54) is 11.3 Å². The molecular weight excluding hydrogens is 476 g/mol. The second kappa shape index (κ2) is 9.71. The normalized spacial score (nSPS) is 16.1. The predicted molar refractivity (Wildman–Crippen MR) is 135 cm³/mol. The molecule has 0 saturated heterocycles. The fourth-order valence-electron chi connectivity index (χ4n) is 3.67. The lowest BCUT2D eigenvalue weighted by atomic mass is 9.96. The molecule has 1 aliphatic rings. The van der Waals surface area contributed by atoms with Gasteiger partial charge < -0.3 is 4.74 Å². The van der Waals surface area contributed by atoms with Gasteiger partial charge in [0.25, 0.3) is 5.56 Å². The Kier molecular flexibility index (Phi) is 6.93. The Morgan fingerprint density at radius 2 is 1.85 bits per heavy atom. The van der Waals surface area contributed by atoms with Crippen LogP contribution in [-0.2, 0) is 9.53 Å². The molecule has 1 aromatic heterocycles. The van der Waals surface area contributed by atoms with Gasteiger partial charge in [-0.1, -0.05) is 47.2 Å². The highest BCUT2D eigenvalue weighted by Gasteiger charge is 2.33. The van der Waals surface area contributed by atoms with Crippen LogP contribution in [0.3, 0.4) is 0 Å². The summed E-state index contributed by atoms with van der Waals surface area (Å²) >= 11 is 9.07. The molecule has 1 unspecified atom stereocenters. The maximum Gasteiger partial charge on any atom is 0.338 e. The van der Waals surface area contributed by atoms with Crippen LogP contribution in [0.5, 0.6) is 0 Å². The number of hydrogen-bond acceptors (Lipinski definition) is 6. The Bertz CT molecular complexity index is 1400. The first-order chi connectivity index (χ1) is 15.8. The summed E-state index contributed by atoms with van der Waals surface area (Å²) in [7, 11) is 0. The van der Waals surface area contributed by atoms with Gasteiger partial charge in [-0.05, 0) is 68.5 Å². The van der Waals surface area contributed by atoms with Gasteiger partial charge in [-0.2, -0.15) is 0 Å². The van der Waals surface area contributed by atoms with Crippen molar-refractivity contribution in [3.05, 3.63) is 95.6 Å². The summed E-state index contributed by atoms with van der Waals surface area (Å²) in [5, 5.41) is 0.576. The maximum atomic E-state index is 13.6. The van der Waals surface area contributed by atoms with Gasteiger partial charge in [0, 0.05) is 9.92 Å². The number of hydrogen-bond donors (Lipinski definition) is 0. The molecule has 0 radical (unpaired) electrons. The Morgan fingerprint density at radius 3 is 2.45 bits per heavy atom. The Labute approximate surface area is 205 Å². The van der Waals surface area contributed by atoms with Crippen molar-refractivity contribution in [2.24, 2.45) is 4.99 Å². The number of benzene rings is 2. The average Bonchev–Trinajstić information content (AvgIpc) is 3.08. The summed E-state index contributed by atoms with van der Waals surface area (Å²) in [6, 6.07) is 14.5. The summed E-state index contributed by atoms with van der Waals surface area (Å²) in [4.78, 5) is 32.9. The number of aromatic nitrogens is 1. The van der Waals surface area contributed by atoms with E-state index in [9.17, 15) is 9.59 Å². The number of allylic oxidation sites excluding steroid dienone is 1. The summed E-state index contributed by atoms with van der Waals surface area (Å²) < 4.78 is 7.65. The number of nitrogens with zero attached hydrogens (tertiary/aromatic N) is 2. The number of rotatable bonds is 5. The number of thioether (sulfide) groups is 1. The Hall–Kier alpha value is -2.61. The van der Waals surface area contributed by atoms with Gasteiger partial charge in [0.05, 0.1) is 27.9 Å². The van der Waals surface area contributed by atoms with E-state index in [1.54, 1.807) is 49.2 Å². The smallest absolute Gasteiger partial charge is 0.338 e. The van der Waals surface area contributed by atoms with Crippen molar-refractivity contribution >= 4 is 46.7 Å². The molecule has 33 heavy (non-hydrogen) atoms.